The van der Waals surface area contributed by atoms with E-state index in [1.807, 2.05) is 0 Å². The number of rotatable bonds is 2. The SMILES string of the molecule is O=S(=O)(O)Oc1cccc2n[nH]nc12. The zero-order chi connectivity index (χ0) is 10.2. The third-order valence-electron chi connectivity index (χ3n) is 1.51. The molecular formula is C6H5N3O4S. The van der Waals surface area contributed by atoms with E-state index in [0.717, 1.165) is 0 Å². The highest BCUT2D eigenvalue weighted by molar-refractivity contribution is 7.81. The smallest absolute Gasteiger partial charge is 0.359 e. The van der Waals surface area contributed by atoms with Crippen LogP contribution in [0.5, 0.6) is 5.75 Å². The van der Waals surface area contributed by atoms with E-state index < -0.39 is 10.4 Å². The Morgan fingerprint density at radius 2 is 2.14 bits per heavy atom. The van der Waals surface area contributed by atoms with Gasteiger partial charge in [-0.2, -0.15) is 23.8 Å². The number of nitrogens with zero attached hydrogens (tertiary/aromatic N) is 2. The lowest BCUT2D eigenvalue weighted by atomic mass is 10.3. The molecule has 0 saturated carbocycles. The topological polar surface area (TPSA) is 105 Å². The molecule has 0 spiro atoms. The number of para-hydroxylation sites is 1. The number of nitrogens with one attached hydrogen (secondary N) is 1. The van der Waals surface area contributed by atoms with Crippen LogP contribution in [-0.4, -0.2) is 28.4 Å². The van der Waals surface area contributed by atoms with E-state index in [9.17, 15) is 8.42 Å². The first-order valence-corrected chi connectivity index (χ1v) is 4.89. The number of aromatic amines is 1. The molecule has 0 saturated heterocycles. The van der Waals surface area contributed by atoms with Gasteiger partial charge in [-0.15, -0.1) is 0 Å². The predicted octanol–water partition coefficient (Wildman–Crippen LogP) is 0.139. The maximum Gasteiger partial charge on any atom is 0.446 e. The Morgan fingerprint density at radius 1 is 1.36 bits per heavy atom. The Kier molecular flexibility index (Phi) is 1.86. The molecule has 1 aromatic carbocycles. The fraction of sp³-hybridized carbons (Fsp3) is 0. The second-order valence-electron chi connectivity index (χ2n) is 2.46. The minimum absolute atomic E-state index is 0.0706. The number of aromatic nitrogens is 3. The van der Waals surface area contributed by atoms with Crippen molar-refractivity contribution in [2.75, 3.05) is 0 Å². The van der Waals surface area contributed by atoms with Crippen molar-refractivity contribution in [3.63, 3.8) is 0 Å². The zero-order valence-electron chi connectivity index (χ0n) is 6.71. The van der Waals surface area contributed by atoms with Crippen LogP contribution in [0.2, 0.25) is 0 Å². The van der Waals surface area contributed by atoms with Crippen molar-refractivity contribution in [1.82, 2.24) is 15.4 Å². The third kappa shape index (κ3) is 1.65. The minimum atomic E-state index is -4.53. The van der Waals surface area contributed by atoms with Crippen LogP contribution in [0.3, 0.4) is 0 Å². The van der Waals surface area contributed by atoms with Crippen molar-refractivity contribution < 1.29 is 17.2 Å². The summed E-state index contributed by atoms with van der Waals surface area (Å²) in [6.07, 6.45) is 0. The van der Waals surface area contributed by atoms with Crippen LogP contribution >= 0.6 is 0 Å². The van der Waals surface area contributed by atoms with Crippen LogP contribution in [0.15, 0.2) is 18.2 Å². The summed E-state index contributed by atoms with van der Waals surface area (Å²) >= 11 is 0. The summed E-state index contributed by atoms with van der Waals surface area (Å²) in [6.45, 7) is 0. The highest BCUT2D eigenvalue weighted by Crippen LogP contribution is 2.22. The maximum absolute atomic E-state index is 10.4. The van der Waals surface area contributed by atoms with Gasteiger partial charge >= 0.3 is 10.4 Å². The van der Waals surface area contributed by atoms with Gasteiger partial charge in [-0.05, 0) is 12.1 Å². The van der Waals surface area contributed by atoms with E-state index in [0.29, 0.717) is 5.52 Å². The number of fused-ring (bicyclic) bond motifs is 1. The van der Waals surface area contributed by atoms with E-state index in [4.69, 9.17) is 4.55 Å². The van der Waals surface area contributed by atoms with Crippen LogP contribution in [0, 0.1) is 0 Å². The molecule has 0 radical (unpaired) electrons. The molecule has 1 aromatic heterocycles. The molecule has 0 aliphatic rings. The molecule has 0 aliphatic carbocycles. The second kappa shape index (κ2) is 2.93. The molecule has 8 heteroatoms. The van der Waals surface area contributed by atoms with Crippen molar-refractivity contribution in [3.05, 3.63) is 18.2 Å². The van der Waals surface area contributed by atoms with Gasteiger partial charge in [0.1, 0.15) is 5.52 Å². The van der Waals surface area contributed by atoms with E-state index in [2.05, 4.69) is 19.6 Å². The molecule has 74 valence electrons. The molecule has 0 fully saturated rings. The highest BCUT2D eigenvalue weighted by Gasteiger charge is 2.12. The lowest BCUT2D eigenvalue weighted by molar-refractivity contribution is 0.388. The number of benzene rings is 1. The molecule has 0 aliphatic heterocycles. The summed E-state index contributed by atoms with van der Waals surface area (Å²) in [5, 5.41) is 9.69. The van der Waals surface area contributed by atoms with E-state index in [-0.39, 0.29) is 11.3 Å². The fourth-order valence-electron chi connectivity index (χ4n) is 1.02. The molecule has 0 atom stereocenters. The zero-order valence-corrected chi connectivity index (χ0v) is 7.52. The molecular weight excluding hydrogens is 210 g/mol. The lowest BCUT2D eigenvalue weighted by Gasteiger charge is -1.99. The number of hydrogen-bond donors (Lipinski definition) is 2. The average Bonchev–Trinajstić information content (AvgIpc) is 2.49. The Hall–Kier alpha value is -1.67. The molecule has 0 amide bonds. The Bertz CT molecular complexity index is 561. The maximum atomic E-state index is 10.4. The quantitative estimate of drug-likeness (QED) is 0.690. The van der Waals surface area contributed by atoms with E-state index >= 15 is 0 Å². The van der Waals surface area contributed by atoms with Crippen molar-refractivity contribution in [2.24, 2.45) is 0 Å². The number of H-pyrrole nitrogens is 1. The van der Waals surface area contributed by atoms with Crippen molar-refractivity contribution >= 4 is 21.4 Å². The highest BCUT2D eigenvalue weighted by atomic mass is 32.3. The van der Waals surface area contributed by atoms with Crippen LogP contribution in [0.1, 0.15) is 0 Å². The second-order valence-corrected chi connectivity index (χ2v) is 3.48. The molecule has 1 heterocycles. The lowest BCUT2D eigenvalue weighted by Crippen LogP contribution is -2.06. The first kappa shape index (κ1) is 8.91. The van der Waals surface area contributed by atoms with Gasteiger partial charge in [0.15, 0.2) is 11.3 Å². The molecule has 7 nitrogen and oxygen atoms in total. The Labute approximate surface area is 78.6 Å². The van der Waals surface area contributed by atoms with E-state index in [1.165, 1.54) is 12.1 Å². The standard InChI is InChI=1S/C6H5N3O4S/c10-14(11,12)13-5-3-1-2-4-6(5)8-9-7-4/h1-3H,(H,7,8,9)(H,10,11,12). The molecule has 14 heavy (non-hydrogen) atoms. The summed E-state index contributed by atoms with van der Waals surface area (Å²) in [4.78, 5) is 0. The van der Waals surface area contributed by atoms with Crippen molar-refractivity contribution in [3.8, 4) is 5.75 Å². The number of hydrogen-bond acceptors (Lipinski definition) is 5. The molecule has 2 aromatic rings. The summed E-state index contributed by atoms with van der Waals surface area (Å²) in [6, 6.07) is 4.51. The van der Waals surface area contributed by atoms with Gasteiger partial charge in [-0.25, -0.2) is 0 Å². The Morgan fingerprint density at radius 3 is 2.86 bits per heavy atom. The van der Waals surface area contributed by atoms with Gasteiger partial charge in [0.25, 0.3) is 0 Å². The third-order valence-corrected chi connectivity index (χ3v) is 1.90. The largest absolute Gasteiger partial charge is 0.446 e. The van der Waals surface area contributed by atoms with Gasteiger partial charge < -0.3 is 4.18 Å². The Balaban J connectivity index is 2.57. The normalized spacial score (nSPS) is 11.8. The van der Waals surface area contributed by atoms with E-state index in [1.54, 1.807) is 6.07 Å². The first-order chi connectivity index (χ1) is 6.56. The molecule has 0 bridgehead atoms. The molecule has 0 unspecified atom stereocenters. The van der Waals surface area contributed by atoms with Crippen LogP contribution < -0.4 is 4.18 Å². The van der Waals surface area contributed by atoms with Gasteiger partial charge in [0, 0.05) is 0 Å². The van der Waals surface area contributed by atoms with Crippen molar-refractivity contribution in [2.45, 2.75) is 0 Å². The van der Waals surface area contributed by atoms with Crippen LogP contribution in [-0.2, 0) is 10.4 Å². The average molecular weight is 215 g/mol. The predicted molar refractivity (Wildman–Crippen MR) is 46.1 cm³/mol. The summed E-state index contributed by atoms with van der Waals surface area (Å²) in [7, 11) is -4.53. The summed E-state index contributed by atoms with van der Waals surface area (Å²) in [5.41, 5.74) is 0.691. The fourth-order valence-corrected chi connectivity index (χ4v) is 1.38. The molecule has 2 rings (SSSR count). The minimum Gasteiger partial charge on any atom is -0.359 e. The van der Waals surface area contributed by atoms with Crippen LogP contribution in [0.4, 0.5) is 0 Å². The van der Waals surface area contributed by atoms with Crippen molar-refractivity contribution in [1.29, 1.82) is 0 Å². The van der Waals surface area contributed by atoms with Crippen LogP contribution in [0.25, 0.3) is 11.0 Å². The summed E-state index contributed by atoms with van der Waals surface area (Å²) in [5.74, 6) is -0.0706. The van der Waals surface area contributed by atoms with Gasteiger partial charge in [-0.1, -0.05) is 6.07 Å². The van der Waals surface area contributed by atoms with Gasteiger partial charge in [-0.3, -0.25) is 4.55 Å². The van der Waals surface area contributed by atoms with Gasteiger partial charge in [0.05, 0.1) is 0 Å². The first-order valence-electron chi connectivity index (χ1n) is 3.53. The summed E-state index contributed by atoms with van der Waals surface area (Å²) < 4.78 is 33.6. The molecule has 2 N–H and O–H groups in total. The van der Waals surface area contributed by atoms with Gasteiger partial charge in [0.2, 0.25) is 0 Å². The monoisotopic (exact) mass is 215 g/mol.